The molecule has 1 saturated heterocycles. The van der Waals surface area contributed by atoms with E-state index in [1.165, 1.54) is 36.5 Å². The second-order valence-corrected chi connectivity index (χ2v) is 5.47. The lowest BCUT2D eigenvalue weighted by molar-refractivity contribution is 0.313. The van der Waals surface area contributed by atoms with Gasteiger partial charge in [-0.2, -0.15) is 5.10 Å². The summed E-state index contributed by atoms with van der Waals surface area (Å²) >= 11 is 0. The molecule has 102 valence electrons. The molecule has 1 aromatic heterocycles. The molecule has 0 radical (unpaired) electrons. The Morgan fingerprint density at radius 3 is 2.78 bits per heavy atom. The number of hydrogen-bond donors (Lipinski definition) is 1. The smallest absolute Gasteiger partial charge is 0.0641 e. The van der Waals surface area contributed by atoms with Gasteiger partial charge >= 0.3 is 0 Å². The summed E-state index contributed by atoms with van der Waals surface area (Å²) in [5, 5.41) is 7.96. The van der Waals surface area contributed by atoms with Crippen molar-refractivity contribution in [3.63, 3.8) is 0 Å². The molecule has 18 heavy (non-hydrogen) atoms. The van der Waals surface area contributed by atoms with Crippen LogP contribution in [0.1, 0.15) is 30.3 Å². The van der Waals surface area contributed by atoms with Crippen LogP contribution in [-0.2, 0) is 13.6 Å². The van der Waals surface area contributed by atoms with Crippen LogP contribution in [0.5, 0.6) is 0 Å². The molecule has 1 aliphatic rings. The van der Waals surface area contributed by atoms with Crippen LogP contribution >= 0.6 is 0 Å². The third kappa shape index (κ3) is 2.93. The maximum atomic E-state index is 4.50. The van der Waals surface area contributed by atoms with Crippen molar-refractivity contribution >= 4 is 0 Å². The van der Waals surface area contributed by atoms with E-state index in [-0.39, 0.29) is 0 Å². The van der Waals surface area contributed by atoms with E-state index in [0.29, 0.717) is 0 Å². The molecule has 1 unspecified atom stereocenters. The minimum Gasteiger partial charge on any atom is -0.317 e. The summed E-state index contributed by atoms with van der Waals surface area (Å²) in [6.45, 7) is 12.2. The second-order valence-electron chi connectivity index (χ2n) is 5.47. The van der Waals surface area contributed by atoms with Crippen LogP contribution < -0.4 is 5.32 Å². The predicted molar refractivity (Wildman–Crippen MR) is 74.6 cm³/mol. The van der Waals surface area contributed by atoms with Crippen LogP contribution in [0, 0.1) is 19.8 Å². The number of aromatic nitrogens is 2. The highest BCUT2D eigenvalue weighted by molar-refractivity contribution is 5.24. The monoisotopic (exact) mass is 250 g/mol. The van der Waals surface area contributed by atoms with Gasteiger partial charge < -0.3 is 5.32 Å². The summed E-state index contributed by atoms with van der Waals surface area (Å²) in [7, 11) is 2.03. The Balaban J connectivity index is 1.91. The number of nitrogens with zero attached hydrogens (tertiary/aromatic N) is 3. The van der Waals surface area contributed by atoms with E-state index in [9.17, 15) is 0 Å². The third-order valence-electron chi connectivity index (χ3n) is 4.09. The zero-order valence-corrected chi connectivity index (χ0v) is 12.2. The van der Waals surface area contributed by atoms with Crippen LogP contribution in [-0.4, -0.2) is 40.9 Å². The zero-order chi connectivity index (χ0) is 13.1. The maximum Gasteiger partial charge on any atom is 0.0641 e. The van der Waals surface area contributed by atoms with Gasteiger partial charge in [0.1, 0.15) is 0 Å². The van der Waals surface area contributed by atoms with E-state index in [1.54, 1.807) is 0 Å². The van der Waals surface area contributed by atoms with E-state index in [0.717, 1.165) is 25.6 Å². The highest BCUT2D eigenvalue weighted by Crippen LogP contribution is 2.21. The van der Waals surface area contributed by atoms with E-state index in [4.69, 9.17) is 0 Å². The first kappa shape index (κ1) is 13.6. The summed E-state index contributed by atoms with van der Waals surface area (Å²) in [5.74, 6) is 0.822. The molecule has 2 rings (SSSR count). The molecule has 1 fully saturated rings. The van der Waals surface area contributed by atoms with Crippen molar-refractivity contribution in [2.75, 3.05) is 26.2 Å². The fourth-order valence-corrected chi connectivity index (χ4v) is 2.84. The highest BCUT2D eigenvalue weighted by Gasteiger charge is 2.23. The first-order valence-corrected chi connectivity index (χ1v) is 7.04. The van der Waals surface area contributed by atoms with Gasteiger partial charge in [0.25, 0.3) is 0 Å². The molecule has 4 nitrogen and oxygen atoms in total. The number of hydrogen-bond acceptors (Lipinski definition) is 3. The first-order valence-electron chi connectivity index (χ1n) is 7.04. The lowest BCUT2D eigenvalue weighted by atomic mass is 10.1. The van der Waals surface area contributed by atoms with Crippen LogP contribution in [0.3, 0.4) is 0 Å². The van der Waals surface area contributed by atoms with Gasteiger partial charge in [-0.3, -0.25) is 9.58 Å². The standard InChI is InChI=1S/C14H26N4/c1-5-15-8-13-6-7-18(9-13)10-14-11(2)16-17(4)12(14)3/h13,15H,5-10H2,1-4H3. The molecule has 0 aromatic carbocycles. The SMILES string of the molecule is CCNCC1CCN(Cc2c(C)nn(C)c2C)C1. The number of nitrogens with one attached hydrogen (secondary N) is 1. The van der Waals surface area contributed by atoms with Crippen LogP contribution in [0.4, 0.5) is 0 Å². The molecular weight excluding hydrogens is 224 g/mol. The third-order valence-corrected chi connectivity index (χ3v) is 4.09. The predicted octanol–water partition coefficient (Wildman–Crippen LogP) is 1.47. The molecule has 0 amide bonds. The van der Waals surface area contributed by atoms with Gasteiger partial charge in [0.05, 0.1) is 5.69 Å². The highest BCUT2D eigenvalue weighted by atomic mass is 15.3. The van der Waals surface area contributed by atoms with Crippen molar-refractivity contribution in [1.29, 1.82) is 0 Å². The van der Waals surface area contributed by atoms with Crippen molar-refractivity contribution in [1.82, 2.24) is 20.0 Å². The maximum absolute atomic E-state index is 4.50. The van der Waals surface area contributed by atoms with Crippen LogP contribution in [0.15, 0.2) is 0 Å². The zero-order valence-electron chi connectivity index (χ0n) is 12.2. The Morgan fingerprint density at radius 1 is 1.39 bits per heavy atom. The molecule has 0 bridgehead atoms. The fraction of sp³-hybridized carbons (Fsp3) is 0.786. The normalized spacial score (nSPS) is 20.8. The van der Waals surface area contributed by atoms with Gasteiger partial charge in [0.15, 0.2) is 0 Å². The van der Waals surface area contributed by atoms with Gasteiger partial charge in [-0.25, -0.2) is 0 Å². The Labute approximate surface area is 110 Å². The van der Waals surface area contributed by atoms with Gasteiger partial charge in [-0.1, -0.05) is 6.92 Å². The van der Waals surface area contributed by atoms with Crippen molar-refractivity contribution in [3.8, 4) is 0 Å². The van der Waals surface area contributed by atoms with Crippen molar-refractivity contribution in [2.45, 2.75) is 33.7 Å². The molecule has 1 aromatic rings. The molecule has 0 spiro atoms. The lowest BCUT2D eigenvalue weighted by Crippen LogP contribution is -2.26. The average molecular weight is 250 g/mol. The molecule has 1 N–H and O–H groups in total. The molecular formula is C14H26N4. The molecule has 2 heterocycles. The van der Waals surface area contributed by atoms with Gasteiger partial charge in [0.2, 0.25) is 0 Å². The van der Waals surface area contributed by atoms with E-state index < -0.39 is 0 Å². The topological polar surface area (TPSA) is 33.1 Å². The van der Waals surface area contributed by atoms with Gasteiger partial charge in [-0.15, -0.1) is 0 Å². The molecule has 0 aliphatic carbocycles. The first-order chi connectivity index (χ1) is 8.61. The Hall–Kier alpha value is -0.870. The van der Waals surface area contributed by atoms with Gasteiger partial charge in [-0.05, 0) is 45.8 Å². The second kappa shape index (κ2) is 5.85. The molecule has 1 atom stereocenters. The van der Waals surface area contributed by atoms with Crippen molar-refractivity contribution < 1.29 is 0 Å². The lowest BCUT2D eigenvalue weighted by Gasteiger charge is -2.16. The van der Waals surface area contributed by atoms with Gasteiger partial charge in [0, 0.05) is 31.4 Å². The largest absolute Gasteiger partial charge is 0.317 e. The minimum atomic E-state index is 0.822. The fourth-order valence-electron chi connectivity index (χ4n) is 2.84. The van der Waals surface area contributed by atoms with Crippen LogP contribution in [0.25, 0.3) is 0 Å². The summed E-state index contributed by atoms with van der Waals surface area (Å²) in [6, 6.07) is 0. The van der Waals surface area contributed by atoms with E-state index in [1.807, 2.05) is 11.7 Å². The molecule has 1 aliphatic heterocycles. The minimum absolute atomic E-state index is 0.822. The Morgan fingerprint density at radius 2 is 2.17 bits per heavy atom. The quantitative estimate of drug-likeness (QED) is 0.859. The summed E-state index contributed by atoms with van der Waals surface area (Å²) in [6.07, 6.45) is 1.32. The molecule has 4 heteroatoms. The summed E-state index contributed by atoms with van der Waals surface area (Å²) in [5.41, 5.74) is 3.91. The van der Waals surface area contributed by atoms with Crippen molar-refractivity contribution in [3.05, 3.63) is 17.0 Å². The Kier molecular flexibility index (Phi) is 4.40. The van der Waals surface area contributed by atoms with Crippen molar-refractivity contribution in [2.24, 2.45) is 13.0 Å². The number of likely N-dealkylation sites (tertiary alicyclic amines) is 1. The summed E-state index contributed by atoms with van der Waals surface area (Å²) in [4.78, 5) is 2.57. The average Bonchev–Trinajstić information content (AvgIpc) is 2.88. The number of rotatable bonds is 5. The Bertz CT molecular complexity index is 397. The van der Waals surface area contributed by atoms with E-state index in [2.05, 4.69) is 36.1 Å². The molecule has 0 saturated carbocycles. The summed E-state index contributed by atoms with van der Waals surface area (Å²) < 4.78 is 2.00. The van der Waals surface area contributed by atoms with Crippen LogP contribution in [0.2, 0.25) is 0 Å². The van der Waals surface area contributed by atoms with E-state index >= 15 is 0 Å². The number of aryl methyl sites for hydroxylation is 2.